The van der Waals surface area contributed by atoms with Crippen LogP contribution in [-0.4, -0.2) is 0 Å². The molecule has 7 aliphatic carbocycles. The molecule has 0 saturated heterocycles. The zero-order valence-electron chi connectivity index (χ0n) is 19.8. The average molecular weight is 441 g/mol. The van der Waals surface area contributed by atoms with Crippen molar-refractivity contribution in [3.05, 3.63) is 84.4 Å². The zero-order valence-corrected chi connectivity index (χ0v) is 19.8. The van der Waals surface area contributed by atoms with Gasteiger partial charge in [0.25, 0.3) is 0 Å². The molecule has 0 N–H and O–H groups in total. The van der Waals surface area contributed by atoms with E-state index in [2.05, 4.69) is 78.9 Å². The number of fused-ring (bicyclic) bond motifs is 2. The quantitative estimate of drug-likeness (QED) is 0.274. The van der Waals surface area contributed by atoms with Crippen LogP contribution in [0.25, 0.3) is 32.7 Å². The van der Waals surface area contributed by atoms with E-state index in [0.29, 0.717) is 5.41 Å². The Balaban J connectivity index is 1.16. The highest BCUT2D eigenvalue weighted by Crippen LogP contribution is 2.74. The van der Waals surface area contributed by atoms with Gasteiger partial charge in [0.1, 0.15) is 0 Å². The summed E-state index contributed by atoms with van der Waals surface area (Å²) in [5.41, 5.74) is 4.92. The molecule has 4 aromatic carbocycles. The van der Waals surface area contributed by atoms with Gasteiger partial charge in [-0.2, -0.15) is 0 Å². The molecular weight excluding hydrogens is 408 g/mol. The highest BCUT2D eigenvalue weighted by atomic mass is 14.7. The van der Waals surface area contributed by atoms with Crippen LogP contribution in [0.2, 0.25) is 0 Å². The molecule has 8 bridgehead atoms. The first-order valence-corrected chi connectivity index (χ1v) is 13.8. The van der Waals surface area contributed by atoms with Crippen LogP contribution in [0.15, 0.2) is 78.9 Å². The molecule has 0 heteroatoms. The molecule has 0 spiro atoms. The fourth-order valence-electron chi connectivity index (χ4n) is 10.6. The number of rotatable bonds is 2. The van der Waals surface area contributed by atoms with Crippen molar-refractivity contribution in [3.63, 3.8) is 0 Å². The van der Waals surface area contributed by atoms with E-state index in [1.54, 1.807) is 24.8 Å². The molecule has 0 radical (unpaired) electrons. The van der Waals surface area contributed by atoms with Crippen molar-refractivity contribution < 1.29 is 0 Å². The predicted octanol–water partition coefficient (Wildman–Crippen LogP) is 8.62. The third-order valence-corrected chi connectivity index (χ3v) is 11.6. The third kappa shape index (κ3) is 2.26. The summed E-state index contributed by atoms with van der Waals surface area (Å²) in [4.78, 5) is 0. The largest absolute Gasteiger partial charge is 0.0616 e. The van der Waals surface area contributed by atoms with Crippen LogP contribution in [0.5, 0.6) is 0 Å². The lowest BCUT2D eigenvalue weighted by Crippen LogP contribution is -2.66. The van der Waals surface area contributed by atoms with Crippen molar-refractivity contribution in [1.29, 1.82) is 0 Å². The molecule has 7 saturated carbocycles. The van der Waals surface area contributed by atoms with E-state index in [1.807, 2.05) is 0 Å². The molecule has 0 unspecified atom stereocenters. The summed E-state index contributed by atoms with van der Waals surface area (Å²) in [6.45, 7) is 0. The zero-order chi connectivity index (χ0) is 22.0. The Labute approximate surface area is 202 Å². The Kier molecular flexibility index (Phi) is 3.48. The standard InChI is InChI=1S/C34H32/c1-3-7-25-22(5-1)16-23-6-2-4-8-26(23)33(25)21-9-11-24(12-10-21)34-17-30-27-13-20-14-28(30)32(19-34)29(15-20)31(27)18-34/h1-12,16,20,27-32H,13-15,17-19H2. The minimum Gasteiger partial charge on any atom is -0.0616 e. The van der Waals surface area contributed by atoms with Crippen molar-refractivity contribution in [2.24, 2.45) is 41.4 Å². The second-order valence-electron chi connectivity index (χ2n) is 12.7. The summed E-state index contributed by atoms with van der Waals surface area (Å²) in [6.07, 6.45) is 9.22. The monoisotopic (exact) mass is 440 g/mol. The van der Waals surface area contributed by atoms with E-state index < -0.39 is 0 Å². The van der Waals surface area contributed by atoms with Crippen LogP contribution in [0.3, 0.4) is 0 Å². The van der Waals surface area contributed by atoms with Gasteiger partial charge in [-0.15, -0.1) is 0 Å². The van der Waals surface area contributed by atoms with Crippen molar-refractivity contribution in [1.82, 2.24) is 0 Å². The van der Waals surface area contributed by atoms with Crippen LogP contribution in [0.4, 0.5) is 0 Å². The molecule has 0 amide bonds. The Morgan fingerprint density at radius 3 is 1.56 bits per heavy atom. The molecule has 0 nitrogen and oxygen atoms in total. The number of benzene rings is 4. The van der Waals surface area contributed by atoms with Crippen molar-refractivity contribution in [2.45, 2.75) is 43.9 Å². The highest BCUT2D eigenvalue weighted by molar-refractivity contribution is 6.12. The van der Waals surface area contributed by atoms with E-state index >= 15 is 0 Å². The summed E-state index contributed by atoms with van der Waals surface area (Å²) in [5, 5.41) is 5.42. The molecule has 7 aliphatic rings. The van der Waals surface area contributed by atoms with Gasteiger partial charge >= 0.3 is 0 Å². The maximum absolute atomic E-state index is 2.54. The topological polar surface area (TPSA) is 0 Å². The molecule has 168 valence electrons. The second-order valence-corrected chi connectivity index (χ2v) is 12.7. The number of hydrogen-bond donors (Lipinski definition) is 0. The molecule has 4 aromatic rings. The van der Waals surface area contributed by atoms with Crippen LogP contribution >= 0.6 is 0 Å². The first-order valence-electron chi connectivity index (χ1n) is 13.8. The van der Waals surface area contributed by atoms with Gasteiger partial charge in [-0.05, 0) is 130 Å². The summed E-state index contributed by atoms with van der Waals surface area (Å²) >= 11 is 0. The Hall–Kier alpha value is -2.60. The maximum Gasteiger partial charge on any atom is -0.00268 e. The molecule has 11 rings (SSSR count). The van der Waals surface area contributed by atoms with Gasteiger partial charge < -0.3 is 0 Å². The lowest BCUT2D eigenvalue weighted by Gasteiger charge is -2.72. The molecule has 0 aliphatic heterocycles. The maximum atomic E-state index is 2.54. The van der Waals surface area contributed by atoms with Gasteiger partial charge in [0.05, 0.1) is 0 Å². The smallest absolute Gasteiger partial charge is 0.00268 e. The molecule has 0 atom stereocenters. The van der Waals surface area contributed by atoms with Gasteiger partial charge in [0, 0.05) is 0 Å². The van der Waals surface area contributed by atoms with Crippen LogP contribution in [0.1, 0.15) is 44.1 Å². The van der Waals surface area contributed by atoms with Gasteiger partial charge in [0.15, 0.2) is 0 Å². The van der Waals surface area contributed by atoms with Crippen LogP contribution in [-0.2, 0) is 5.41 Å². The van der Waals surface area contributed by atoms with E-state index in [9.17, 15) is 0 Å². The van der Waals surface area contributed by atoms with Crippen molar-refractivity contribution in [3.8, 4) is 11.1 Å². The molecule has 34 heavy (non-hydrogen) atoms. The second kappa shape index (κ2) is 6.34. The fourth-order valence-corrected chi connectivity index (χ4v) is 10.6. The van der Waals surface area contributed by atoms with Crippen molar-refractivity contribution >= 4 is 21.5 Å². The highest BCUT2D eigenvalue weighted by Gasteiger charge is 2.67. The summed E-state index contributed by atoms with van der Waals surface area (Å²) in [5.74, 6) is 7.52. The van der Waals surface area contributed by atoms with Crippen LogP contribution in [0, 0.1) is 41.4 Å². The van der Waals surface area contributed by atoms with E-state index in [0.717, 1.165) is 41.4 Å². The Morgan fingerprint density at radius 2 is 1.03 bits per heavy atom. The predicted molar refractivity (Wildman–Crippen MR) is 141 cm³/mol. The average Bonchev–Trinajstić information content (AvgIpc) is 2.90. The van der Waals surface area contributed by atoms with E-state index in [1.165, 1.54) is 51.9 Å². The fraction of sp³-hybridized carbons (Fsp3) is 0.412. The van der Waals surface area contributed by atoms with Gasteiger partial charge in [-0.3, -0.25) is 0 Å². The minimum absolute atomic E-state index is 0.479. The lowest BCUT2D eigenvalue weighted by molar-refractivity contribution is -0.212. The normalized spacial score (nSPS) is 38.9. The summed E-state index contributed by atoms with van der Waals surface area (Å²) in [7, 11) is 0. The summed E-state index contributed by atoms with van der Waals surface area (Å²) in [6, 6.07) is 30.2. The third-order valence-electron chi connectivity index (χ3n) is 11.6. The molecule has 7 fully saturated rings. The molecular formula is C34H32. The summed E-state index contributed by atoms with van der Waals surface area (Å²) < 4.78 is 0. The van der Waals surface area contributed by atoms with Crippen LogP contribution < -0.4 is 0 Å². The van der Waals surface area contributed by atoms with E-state index in [4.69, 9.17) is 0 Å². The minimum atomic E-state index is 0.479. The van der Waals surface area contributed by atoms with E-state index in [-0.39, 0.29) is 0 Å². The molecule has 0 heterocycles. The van der Waals surface area contributed by atoms with Gasteiger partial charge in [-0.25, -0.2) is 0 Å². The molecule has 0 aromatic heterocycles. The Bertz CT molecular complexity index is 1340. The van der Waals surface area contributed by atoms with Gasteiger partial charge in [-0.1, -0.05) is 72.8 Å². The SMILES string of the molecule is c1ccc2c(-c3ccc(C45CC6C7CC8CC6C(C4)C(C8)C7C5)cc3)c3ccccc3cc2c1. The van der Waals surface area contributed by atoms with Crippen molar-refractivity contribution in [2.75, 3.05) is 0 Å². The lowest BCUT2D eigenvalue weighted by atomic mass is 9.32. The Morgan fingerprint density at radius 1 is 0.529 bits per heavy atom. The number of hydrogen-bond acceptors (Lipinski definition) is 0. The first kappa shape index (κ1) is 18.7. The van der Waals surface area contributed by atoms with Gasteiger partial charge in [0.2, 0.25) is 0 Å². The first-order chi connectivity index (χ1) is 16.8.